The van der Waals surface area contributed by atoms with Crippen LogP contribution in [0.3, 0.4) is 0 Å². The molecule has 174 valence electrons. The maximum atomic E-state index is 13.9. The van der Waals surface area contributed by atoms with Gasteiger partial charge in [-0.05, 0) is 55.8 Å². The summed E-state index contributed by atoms with van der Waals surface area (Å²) in [5.41, 5.74) is 0.999. The first-order valence-corrected chi connectivity index (χ1v) is 11.6. The van der Waals surface area contributed by atoms with Crippen molar-refractivity contribution in [3.05, 3.63) is 105 Å². The van der Waals surface area contributed by atoms with E-state index in [-0.39, 0.29) is 17.0 Å². The number of unbranched alkanes of at least 4 members (excludes halogenated alkanes) is 1. The van der Waals surface area contributed by atoms with Gasteiger partial charge in [0.2, 0.25) is 0 Å². The number of fused-ring (bicyclic) bond motifs is 1. The van der Waals surface area contributed by atoms with Crippen LogP contribution < -0.4 is 5.56 Å². The average Bonchev–Trinajstić information content (AvgIpc) is 2.84. The highest BCUT2D eigenvalue weighted by Crippen LogP contribution is 2.27. The molecule has 4 aromatic rings. The van der Waals surface area contributed by atoms with Crippen LogP contribution in [0.1, 0.15) is 48.9 Å². The number of nitrogens with zero attached hydrogens (tertiary/aromatic N) is 3. The minimum atomic E-state index is -0.587. The molecule has 0 fully saturated rings. The number of para-hydroxylation sites is 2. The molecule has 34 heavy (non-hydrogen) atoms. The van der Waals surface area contributed by atoms with Gasteiger partial charge in [0.05, 0.1) is 27.7 Å². The molecule has 5 nitrogen and oxygen atoms in total. The topological polar surface area (TPSA) is 55.2 Å². The van der Waals surface area contributed by atoms with Gasteiger partial charge >= 0.3 is 0 Å². The maximum absolute atomic E-state index is 13.9. The van der Waals surface area contributed by atoms with Crippen LogP contribution in [-0.4, -0.2) is 26.9 Å². The molecular formula is C27H25ClFN3O2. The Morgan fingerprint density at radius 1 is 1.09 bits per heavy atom. The molecule has 4 rings (SSSR count). The summed E-state index contributed by atoms with van der Waals surface area (Å²) in [6, 6.07) is 19.2. The molecule has 1 aromatic heterocycles. The molecule has 0 radical (unpaired) electrons. The number of halogens is 2. The number of rotatable bonds is 7. The van der Waals surface area contributed by atoms with Gasteiger partial charge in [-0.15, -0.1) is 0 Å². The highest BCUT2D eigenvalue weighted by molar-refractivity contribution is 6.32. The third-order valence-electron chi connectivity index (χ3n) is 5.82. The molecule has 0 saturated heterocycles. The van der Waals surface area contributed by atoms with Crippen LogP contribution >= 0.6 is 11.6 Å². The maximum Gasteiger partial charge on any atom is 0.266 e. The van der Waals surface area contributed by atoms with Crippen LogP contribution in [0.25, 0.3) is 16.6 Å². The van der Waals surface area contributed by atoms with E-state index in [0.717, 1.165) is 12.8 Å². The van der Waals surface area contributed by atoms with Gasteiger partial charge in [-0.3, -0.25) is 14.2 Å². The predicted octanol–water partition coefficient (Wildman–Crippen LogP) is 6.18. The average molecular weight is 478 g/mol. The zero-order valence-electron chi connectivity index (χ0n) is 19.0. The molecule has 7 heteroatoms. The minimum absolute atomic E-state index is 0.246. The molecule has 1 unspecified atom stereocenters. The summed E-state index contributed by atoms with van der Waals surface area (Å²) in [4.78, 5) is 33.6. The predicted molar refractivity (Wildman–Crippen MR) is 133 cm³/mol. The summed E-state index contributed by atoms with van der Waals surface area (Å²) >= 11 is 6.49. The van der Waals surface area contributed by atoms with Gasteiger partial charge in [0.15, 0.2) is 0 Å². The summed E-state index contributed by atoms with van der Waals surface area (Å²) in [6.45, 7) is 4.29. The van der Waals surface area contributed by atoms with E-state index in [4.69, 9.17) is 16.6 Å². The highest BCUT2D eigenvalue weighted by Gasteiger charge is 2.28. The van der Waals surface area contributed by atoms with Crippen LogP contribution in [0.5, 0.6) is 0 Å². The van der Waals surface area contributed by atoms with E-state index in [1.807, 2.05) is 19.9 Å². The van der Waals surface area contributed by atoms with Gasteiger partial charge in [0.1, 0.15) is 11.6 Å². The number of carbonyl (C=O) groups excluding carboxylic acids is 1. The zero-order chi connectivity index (χ0) is 24.2. The molecule has 0 bridgehead atoms. The van der Waals surface area contributed by atoms with E-state index >= 15 is 0 Å². The Kier molecular flexibility index (Phi) is 7.08. The van der Waals surface area contributed by atoms with Crippen molar-refractivity contribution in [2.45, 2.75) is 32.7 Å². The van der Waals surface area contributed by atoms with Gasteiger partial charge in [-0.2, -0.15) is 0 Å². The fourth-order valence-corrected chi connectivity index (χ4v) is 4.24. The van der Waals surface area contributed by atoms with E-state index in [2.05, 4.69) is 0 Å². The van der Waals surface area contributed by atoms with Crippen LogP contribution in [0.2, 0.25) is 5.02 Å². The molecule has 0 spiro atoms. The Hall–Kier alpha value is -3.51. The van der Waals surface area contributed by atoms with Gasteiger partial charge in [-0.25, -0.2) is 9.37 Å². The molecule has 1 atom stereocenters. The molecule has 0 aliphatic heterocycles. The Balaban J connectivity index is 1.92. The zero-order valence-corrected chi connectivity index (χ0v) is 19.8. The lowest BCUT2D eigenvalue weighted by Gasteiger charge is -2.31. The summed E-state index contributed by atoms with van der Waals surface area (Å²) in [7, 11) is 0. The van der Waals surface area contributed by atoms with Gasteiger partial charge in [0.25, 0.3) is 11.5 Å². The molecule has 0 aliphatic carbocycles. The fourth-order valence-electron chi connectivity index (χ4n) is 4.02. The first-order valence-electron chi connectivity index (χ1n) is 11.3. The Morgan fingerprint density at radius 3 is 2.56 bits per heavy atom. The standard InChI is InChI=1S/C27H25ClFN3O2/c1-3-4-16-31(26(33)19-10-9-11-20(29)17-19)18(2)25-30-23-14-7-5-12-21(23)27(34)32(25)24-15-8-6-13-22(24)28/h5-15,17-18H,3-4,16H2,1-2H3. The fraction of sp³-hybridized carbons (Fsp3) is 0.222. The quantitative estimate of drug-likeness (QED) is 0.319. The van der Waals surface area contributed by atoms with Crippen molar-refractivity contribution in [1.82, 2.24) is 14.5 Å². The van der Waals surface area contributed by atoms with E-state index < -0.39 is 11.9 Å². The van der Waals surface area contributed by atoms with Gasteiger partial charge in [-0.1, -0.05) is 55.3 Å². The Labute approximate surface area is 202 Å². The van der Waals surface area contributed by atoms with Crippen molar-refractivity contribution in [2.75, 3.05) is 6.54 Å². The van der Waals surface area contributed by atoms with Gasteiger partial charge in [0, 0.05) is 12.1 Å². The number of amides is 1. The molecular weight excluding hydrogens is 453 g/mol. The number of benzene rings is 3. The van der Waals surface area contributed by atoms with E-state index in [1.165, 1.54) is 22.8 Å². The van der Waals surface area contributed by atoms with E-state index in [0.29, 0.717) is 34.0 Å². The third-order valence-corrected chi connectivity index (χ3v) is 6.14. The molecule has 0 N–H and O–H groups in total. The summed E-state index contributed by atoms with van der Waals surface area (Å²) < 4.78 is 15.4. The van der Waals surface area contributed by atoms with Crippen molar-refractivity contribution in [3.8, 4) is 5.69 Å². The summed E-state index contributed by atoms with van der Waals surface area (Å²) in [6.07, 6.45) is 1.61. The van der Waals surface area contributed by atoms with Crippen LogP contribution in [0.15, 0.2) is 77.6 Å². The molecule has 1 heterocycles. The number of aromatic nitrogens is 2. The van der Waals surface area contributed by atoms with Crippen molar-refractivity contribution >= 4 is 28.4 Å². The SMILES string of the molecule is CCCCN(C(=O)c1cccc(F)c1)C(C)c1nc2ccccc2c(=O)n1-c1ccccc1Cl. The lowest BCUT2D eigenvalue weighted by Crippen LogP contribution is -2.38. The molecule has 0 saturated carbocycles. The Bertz CT molecular complexity index is 1400. The van der Waals surface area contributed by atoms with Gasteiger partial charge < -0.3 is 4.90 Å². The second-order valence-electron chi connectivity index (χ2n) is 8.12. The first-order chi connectivity index (χ1) is 16.4. The molecule has 3 aromatic carbocycles. The van der Waals surface area contributed by atoms with Crippen molar-refractivity contribution in [3.63, 3.8) is 0 Å². The third kappa shape index (κ3) is 4.59. The van der Waals surface area contributed by atoms with Crippen LogP contribution in [0, 0.1) is 5.82 Å². The van der Waals surface area contributed by atoms with Crippen LogP contribution in [-0.2, 0) is 0 Å². The number of hydrogen-bond acceptors (Lipinski definition) is 3. The minimum Gasteiger partial charge on any atom is -0.329 e. The van der Waals surface area contributed by atoms with Crippen molar-refractivity contribution in [1.29, 1.82) is 0 Å². The molecule has 1 amide bonds. The second-order valence-corrected chi connectivity index (χ2v) is 8.52. The summed E-state index contributed by atoms with van der Waals surface area (Å²) in [5, 5.41) is 0.849. The molecule has 0 aliphatic rings. The highest BCUT2D eigenvalue weighted by atomic mass is 35.5. The lowest BCUT2D eigenvalue weighted by atomic mass is 10.1. The largest absolute Gasteiger partial charge is 0.329 e. The summed E-state index contributed by atoms with van der Waals surface area (Å²) in [5.74, 6) is -0.419. The lowest BCUT2D eigenvalue weighted by molar-refractivity contribution is 0.0677. The van der Waals surface area contributed by atoms with E-state index in [9.17, 15) is 14.0 Å². The number of carbonyl (C=O) groups is 1. The first kappa shape index (κ1) is 23.6. The van der Waals surface area contributed by atoms with Crippen LogP contribution in [0.4, 0.5) is 4.39 Å². The smallest absolute Gasteiger partial charge is 0.266 e. The number of hydrogen-bond donors (Lipinski definition) is 0. The normalized spacial score (nSPS) is 12.0. The van der Waals surface area contributed by atoms with Crippen molar-refractivity contribution in [2.24, 2.45) is 0 Å². The Morgan fingerprint density at radius 2 is 1.82 bits per heavy atom. The second kappa shape index (κ2) is 10.2. The monoisotopic (exact) mass is 477 g/mol. The van der Waals surface area contributed by atoms with Crippen molar-refractivity contribution < 1.29 is 9.18 Å². The van der Waals surface area contributed by atoms with E-state index in [1.54, 1.807) is 53.4 Å².